The van der Waals surface area contributed by atoms with Crippen molar-refractivity contribution in [3.05, 3.63) is 0 Å². The Bertz CT molecular complexity index is 603. The van der Waals surface area contributed by atoms with Crippen LogP contribution in [-0.2, 0) is 9.59 Å². The number of nitrogens with two attached hydrogens (primary N) is 2. The third kappa shape index (κ3) is 27.9. The van der Waals surface area contributed by atoms with Gasteiger partial charge in [-0.3, -0.25) is 20.4 Å². The maximum atomic E-state index is 11.9. The first kappa shape index (κ1) is 34.4. The van der Waals surface area contributed by atoms with Gasteiger partial charge in [0, 0.05) is 45.6 Å². The molecule has 0 heterocycles. The molecule has 0 aliphatic heterocycles. The highest BCUT2D eigenvalue weighted by Crippen LogP contribution is 2.01. The van der Waals surface area contributed by atoms with Crippen LogP contribution < -0.4 is 38.1 Å². The van der Waals surface area contributed by atoms with Gasteiger partial charge in [-0.25, -0.2) is 0 Å². The Hall–Kier alpha value is -2.56. The molecule has 0 rings (SSSR count). The fourth-order valence-electron chi connectivity index (χ4n) is 3.71. The predicted molar refractivity (Wildman–Crippen MR) is 153 cm³/mol. The maximum absolute atomic E-state index is 11.9. The molecule has 0 aromatic carbocycles. The minimum atomic E-state index is -0.257. The zero-order chi connectivity index (χ0) is 27.4. The highest BCUT2D eigenvalue weighted by molar-refractivity contribution is 5.77. The largest absolute Gasteiger partial charge is 0.370 e. The summed E-state index contributed by atoms with van der Waals surface area (Å²) in [6.45, 7) is 4.53. The van der Waals surface area contributed by atoms with Crippen LogP contribution in [0.5, 0.6) is 0 Å². The van der Waals surface area contributed by atoms with Crippen molar-refractivity contribution in [1.29, 1.82) is 10.8 Å². The average molecular weight is 526 g/mol. The Balaban J connectivity index is 3.35. The van der Waals surface area contributed by atoms with E-state index in [2.05, 4.69) is 26.6 Å². The second kappa shape index (κ2) is 26.5. The lowest BCUT2D eigenvalue weighted by Crippen LogP contribution is -2.37. The number of nitrogens with one attached hydrogen (secondary N) is 7. The lowest BCUT2D eigenvalue weighted by Gasteiger charge is -2.10. The fourth-order valence-corrected chi connectivity index (χ4v) is 3.71. The number of hydrogen-bond donors (Lipinski definition) is 9. The number of amides is 2. The molecule has 0 atom stereocenters. The third-order valence-electron chi connectivity index (χ3n) is 5.94. The molecule has 11 heteroatoms. The van der Waals surface area contributed by atoms with Gasteiger partial charge in [-0.15, -0.1) is 0 Å². The standard InChI is InChI=1S/C26H55N9O2/c27-17-9-1-2-11-19-32-25(29)35-22-14-6-8-16-24(37)31-18-10-3-4-12-20-33-26(30)34-21-13-5-7-15-23(28)36/h1-22,27H2,(H2,28,36)(H,31,37)(H3,29,32,35)(H3,30,33,34). The lowest BCUT2D eigenvalue weighted by atomic mass is 10.1. The minimum absolute atomic E-state index is 0.118. The molecule has 0 radical (unpaired) electrons. The molecule has 11 nitrogen and oxygen atoms in total. The molecule has 2 amide bonds. The monoisotopic (exact) mass is 525 g/mol. The number of rotatable bonds is 25. The van der Waals surface area contributed by atoms with Crippen LogP contribution in [0.2, 0.25) is 0 Å². The molecular formula is C26H55N9O2. The quantitative estimate of drug-likeness (QED) is 0.0494. The Morgan fingerprint density at radius 2 is 0.838 bits per heavy atom. The van der Waals surface area contributed by atoms with Crippen LogP contribution in [0.4, 0.5) is 0 Å². The summed E-state index contributed by atoms with van der Waals surface area (Å²) >= 11 is 0. The van der Waals surface area contributed by atoms with Gasteiger partial charge in [0.05, 0.1) is 0 Å². The Kier molecular flexibility index (Phi) is 24.7. The summed E-state index contributed by atoms with van der Waals surface area (Å²) in [6.07, 6.45) is 14.9. The molecule has 0 aromatic rings. The molecule has 0 saturated heterocycles. The predicted octanol–water partition coefficient (Wildman–Crippen LogP) is 2.02. The van der Waals surface area contributed by atoms with Gasteiger partial charge in [-0.2, -0.15) is 0 Å². The molecule has 0 bridgehead atoms. The van der Waals surface area contributed by atoms with Gasteiger partial charge < -0.3 is 38.1 Å². The Morgan fingerprint density at radius 1 is 0.486 bits per heavy atom. The lowest BCUT2D eigenvalue weighted by molar-refractivity contribution is -0.121. The van der Waals surface area contributed by atoms with E-state index in [4.69, 9.17) is 22.3 Å². The van der Waals surface area contributed by atoms with Gasteiger partial charge in [0.25, 0.3) is 0 Å². The first-order chi connectivity index (χ1) is 18.0. The zero-order valence-electron chi connectivity index (χ0n) is 23.0. The van der Waals surface area contributed by atoms with E-state index in [0.717, 1.165) is 129 Å². The van der Waals surface area contributed by atoms with Crippen LogP contribution in [0.3, 0.4) is 0 Å². The molecule has 0 unspecified atom stereocenters. The van der Waals surface area contributed by atoms with Crippen molar-refractivity contribution in [2.45, 2.75) is 103 Å². The highest BCUT2D eigenvalue weighted by atomic mass is 16.1. The number of carbonyl (C=O) groups is 2. The fraction of sp³-hybridized carbons (Fsp3) is 0.846. The molecule has 0 aromatic heterocycles. The van der Waals surface area contributed by atoms with Crippen LogP contribution in [0.15, 0.2) is 0 Å². The second-order valence-electron chi connectivity index (χ2n) is 9.51. The van der Waals surface area contributed by atoms with E-state index in [1.54, 1.807) is 0 Å². The van der Waals surface area contributed by atoms with Crippen LogP contribution in [0.25, 0.3) is 0 Å². The van der Waals surface area contributed by atoms with Crippen molar-refractivity contribution in [2.24, 2.45) is 11.5 Å². The van der Waals surface area contributed by atoms with Crippen LogP contribution in [-0.4, -0.2) is 63.0 Å². The average Bonchev–Trinajstić information content (AvgIpc) is 2.86. The van der Waals surface area contributed by atoms with Crippen LogP contribution in [0, 0.1) is 10.8 Å². The van der Waals surface area contributed by atoms with Crippen molar-refractivity contribution in [1.82, 2.24) is 26.6 Å². The normalized spacial score (nSPS) is 10.5. The summed E-state index contributed by atoms with van der Waals surface area (Å²) in [6, 6.07) is 0. The Morgan fingerprint density at radius 3 is 1.24 bits per heavy atom. The first-order valence-electron chi connectivity index (χ1n) is 14.3. The molecule has 11 N–H and O–H groups in total. The van der Waals surface area contributed by atoms with E-state index in [9.17, 15) is 9.59 Å². The number of carbonyl (C=O) groups excluding carboxylic acids is 2. The topological polar surface area (TPSA) is 194 Å². The van der Waals surface area contributed by atoms with Crippen molar-refractivity contribution in [3.63, 3.8) is 0 Å². The second-order valence-corrected chi connectivity index (χ2v) is 9.51. The van der Waals surface area contributed by atoms with Crippen molar-refractivity contribution >= 4 is 23.7 Å². The Labute approximate surface area is 224 Å². The van der Waals surface area contributed by atoms with E-state index in [1.807, 2.05) is 0 Å². The number of guanidine groups is 2. The molecule has 216 valence electrons. The molecule has 0 aliphatic carbocycles. The maximum Gasteiger partial charge on any atom is 0.219 e. The van der Waals surface area contributed by atoms with Crippen LogP contribution >= 0.6 is 0 Å². The molecular weight excluding hydrogens is 470 g/mol. The van der Waals surface area contributed by atoms with E-state index in [-0.39, 0.29) is 11.8 Å². The van der Waals surface area contributed by atoms with Gasteiger partial charge >= 0.3 is 0 Å². The number of hydrogen-bond acceptors (Lipinski definition) is 5. The van der Waals surface area contributed by atoms with Gasteiger partial charge in [0.2, 0.25) is 11.8 Å². The minimum Gasteiger partial charge on any atom is -0.370 e. The molecule has 0 saturated carbocycles. The third-order valence-corrected chi connectivity index (χ3v) is 5.94. The summed E-state index contributed by atoms with van der Waals surface area (Å²) < 4.78 is 0. The van der Waals surface area contributed by atoms with Crippen LogP contribution in [0.1, 0.15) is 103 Å². The molecule has 0 aliphatic rings. The van der Waals surface area contributed by atoms with Gasteiger partial charge in [0.1, 0.15) is 0 Å². The van der Waals surface area contributed by atoms with Crippen molar-refractivity contribution in [2.75, 3.05) is 39.3 Å². The van der Waals surface area contributed by atoms with E-state index in [0.29, 0.717) is 24.8 Å². The van der Waals surface area contributed by atoms with Crippen molar-refractivity contribution < 1.29 is 9.59 Å². The molecule has 0 fully saturated rings. The SMILES string of the molecule is N=C(NCCCCCCNC(=O)CCCCCNC(=N)NCCCCCCN)NCCCCCC(N)=O. The highest BCUT2D eigenvalue weighted by Gasteiger charge is 2.02. The first-order valence-corrected chi connectivity index (χ1v) is 14.3. The summed E-state index contributed by atoms with van der Waals surface area (Å²) in [7, 11) is 0. The summed E-state index contributed by atoms with van der Waals surface area (Å²) in [5.74, 6) is 0.589. The zero-order valence-corrected chi connectivity index (χ0v) is 23.0. The number of primary amides is 1. The number of unbranched alkanes of at least 4 members (excludes halogenated alkanes) is 10. The summed E-state index contributed by atoms with van der Waals surface area (Å²) in [5, 5.41) is 30.9. The van der Waals surface area contributed by atoms with E-state index in [1.165, 1.54) is 0 Å². The van der Waals surface area contributed by atoms with Gasteiger partial charge in [-0.1, -0.05) is 38.5 Å². The van der Waals surface area contributed by atoms with Crippen molar-refractivity contribution in [3.8, 4) is 0 Å². The van der Waals surface area contributed by atoms with Gasteiger partial charge in [-0.05, 0) is 57.9 Å². The van der Waals surface area contributed by atoms with E-state index < -0.39 is 0 Å². The van der Waals surface area contributed by atoms with Gasteiger partial charge in [0.15, 0.2) is 11.9 Å². The summed E-state index contributed by atoms with van der Waals surface area (Å²) in [5.41, 5.74) is 10.6. The van der Waals surface area contributed by atoms with E-state index >= 15 is 0 Å². The molecule has 0 spiro atoms. The molecule has 37 heavy (non-hydrogen) atoms. The summed E-state index contributed by atoms with van der Waals surface area (Å²) in [4.78, 5) is 22.6. The smallest absolute Gasteiger partial charge is 0.219 e.